The third kappa shape index (κ3) is 1.29. The Bertz CT molecular complexity index is 103. The molecule has 0 aromatic rings. The topological polar surface area (TPSA) is 26.3 Å². The molecule has 0 spiro atoms. The molecule has 0 aromatic carbocycles. The number of ketones is 1. The van der Waals surface area contributed by atoms with Crippen LogP contribution in [0.25, 0.3) is 0 Å². The summed E-state index contributed by atoms with van der Waals surface area (Å²) in [7, 11) is 0. The maximum Gasteiger partial charge on any atom is 0.172 e. The van der Waals surface area contributed by atoms with Crippen molar-refractivity contribution in [1.82, 2.24) is 0 Å². The second kappa shape index (κ2) is 2.60. The molecule has 1 unspecified atom stereocenters. The maximum absolute atomic E-state index is 10.6. The fourth-order valence-electron chi connectivity index (χ4n) is 0.640. The quantitative estimate of drug-likeness (QED) is 0.520. The van der Waals surface area contributed by atoms with Gasteiger partial charge in [-0.1, -0.05) is 0 Å². The summed E-state index contributed by atoms with van der Waals surface area (Å²) in [5.74, 6) is 0.163. The maximum atomic E-state index is 10.6. The van der Waals surface area contributed by atoms with Crippen LogP contribution in [0.15, 0.2) is 0 Å². The van der Waals surface area contributed by atoms with Gasteiger partial charge in [-0.3, -0.25) is 4.79 Å². The molecule has 8 heavy (non-hydrogen) atoms. The van der Waals surface area contributed by atoms with Crippen LogP contribution in [0, 0.1) is 0 Å². The summed E-state index contributed by atoms with van der Waals surface area (Å²) < 4.78 is 4.96. The molecule has 1 aliphatic heterocycles. The van der Waals surface area contributed by atoms with E-state index in [0.29, 0.717) is 13.0 Å². The van der Waals surface area contributed by atoms with Crippen LogP contribution in [0.5, 0.6) is 0 Å². The standard InChI is InChI=1S/C5H7BrO2/c6-5-4(7)2-1-3-8-5/h5H,1-3H2. The number of rotatable bonds is 0. The van der Waals surface area contributed by atoms with Crippen molar-refractivity contribution < 1.29 is 9.53 Å². The lowest BCUT2D eigenvalue weighted by molar-refractivity contribution is -0.128. The van der Waals surface area contributed by atoms with Crippen molar-refractivity contribution >= 4 is 21.7 Å². The predicted octanol–water partition coefficient (Wildman–Crippen LogP) is 1.09. The van der Waals surface area contributed by atoms with E-state index in [4.69, 9.17) is 4.74 Å². The number of carbonyl (C=O) groups is 1. The highest BCUT2D eigenvalue weighted by Gasteiger charge is 2.18. The van der Waals surface area contributed by atoms with Gasteiger partial charge in [-0.2, -0.15) is 0 Å². The van der Waals surface area contributed by atoms with Gasteiger partial charge in [0.2, 0.25) is 0 Å². The zero-order chi connectivity index (χ0) is 5.98. The van der Waals surface area contributed by atoms with Crippen LogP contribution in [0.2, 0.25) is 0 Å². The van der Waals surface area contributed by atoms with E-state index in [1.54, 1.807) is 0 Å². The van der Waals surface area contributed by atoms with E-state index in [2.05, 4.69) is 15.9 Å². The molecule has 0 N–H and O–H groups in total. The zero-order valence-corrected chi connectivity index (χ0v) is 5.98. The number of Topliss-reactive ketones (excluding diaryl/α,β-unsaturated/α-hetero) is 1. The van der Waals surface area contributed by atoms with Gasteiger partial charge in [0.05, 0.1) is 0 Å². The molecule has 1 heterocycles. The van der Waals surface area contributed by atoms with Gasteiger partial charge in [0.1, 0.15) is 0 Å². The van der Waals surface area contributed by atoms with E-state index >= 15 is 0 Å². The zero-order valence-electron chi connectivity index (χ0n) is 4.39. The second-order valence-electron chi connectivity index (χ2n) is 1.76. The van der Waals surface area contributed by atoms with Crippen molar-refractivity contribution in [3.05, 3.63) is 0 Å². The second-order valence-corrected chi connectivity index (χ2v) is 2.59. The van der Waals surface area contributed by atoms with Crippen molar-refractivity contribution in [2.75, 3.05) is 6.61 Å². The molecular weight excluding hydrogens is 172 g/mol. The average molecular weight is 179 g/mol. The van der Waals surface area contributed by atoms with Gasteiger partial charge in [0, 0.05) is 13.0 Å². The van der Waals surface area contributed by atoms with E-state index in [1.165, 1.54) is 0 Å². The monoisotopic (exact) mass is 178 g/mol. The van der Waals surface area contributed by atoms with Gasteiger partial charge >= 0.3 is 0 Å². The van der Waals surface area contributed by atoms with Crippen LogP contribution >= 0.6 is 15.9 Å². The number of carbonyl (C=O) groups excluding carboxylic acids is 1. The van der Waals surface area contributed by atoms with E-state index in [9.17, 15) is 4.79 Å². The van der Waals surface area contributed by atoms with E-state index < -0.39 is 0 Å². The molecule has 0 bridgehead atoms. The van der Waals surface area contributed by atoms with Crippen molar-refractivity contribution in [2.45, 2.75) is 17.9 Å². The third-order valence-corrected chi connectivity index (χ3v) is 1.86. The SMILES string of the molecule is O=C1CCCOC1Br. The van der Waals surface area contributed by atoms with Crippen molar-refractivity contribution in [3.63, 3.8) is 0 Å². The summed E-state index contributed by atoms with van der Waals surface area (Å²) in [5, 5.41) is -0.323. The first kappa shape index (κ1) is 6.23. The first-order valence-electron chi connectivity index (χ1n) is 2.59. The van der Waals surface area contributed by atoms with E-state index in [-0.39, 0.29) is 10.8 Å². The Morgan fingerprint density at radius 2 is 2.50 bits per heavy atom. The highest BCUT2D eigenvalue weighted by Crippen LogP contribution is 2.13. The van der Waals surface area contributed by atoms with Gasteiger partial charge in [-0.25, -0.2) is 0 Å². The number of halogens is 1. The Kier molecular flexibility index (Phi) is 2.02. The summed E-state index contributed by atoms with van der Waals surface area (Å²) in [5.41, 5.74) is 0. The lowest BCUT2D eigenvalue weighted by Crippen LogP contribution is -2.23. The van der Waals surface area contributed by atoms with Gasteiger partial charge < -0.3 is 4.74 Å². The van der Waals surface area contributed by atoms with Crippen molar-refractivity contribution in [1.29, 1.82) is 0 Å². The fourth-order valence-corrected chi connectivity index (χ4v) is 1.06. The molecule has 1 saturated heterocycles. The number of ether oxygens (including phenoxy) is 1. The first-order valence-corrected chi connectivity index (χ1v) is 3.50. The molecule has 1 aliphatic rings. The minimum Gasteiger partial charge on any atom is -0.359 e. The summed E-state index contributed by atoms with van der Waals surface area (Å²) in [6, 6.07) is 0. The van der Waals surface area contributed by atoms with Crippen LogP contribution in [-0.4, -0.2) is 17.4 Å². The van der Waals surface area contributed by atoms with Crippen molar-refractivity contribution in [2.24, 2.45) is 0 Å². The Balaban J connectivity index is 2.39. The summed E-state index contributed by atoms with van der Waals surface area (Å²) >= 11 is 3.08. The smallest absolute Gasteiger partial charge is 0.172 e. The Labute approximate surface area is 56.3 Å². The van der Waals surface area contributed by atoms with Crippen LogP contribution < -0.4 is 0 Å². The summed E-state index contributed by atoms with van der Waals surface area (Å²) in [6.07, 6.45) is 1.54. The first-order chi connectivity index (χ1) is 3.80. The fraction of sp³-hybridized carbons (Fsp3) is 0.800. The highest BCUT2D eigenvalue weighted by atomic mass is 79.9. The average Bonchev–Trinajstić information content (AvgIpc) is 1.77. The highest BCUT2D eigenvalue weighted by molar-refractivity contribution is 9.09. The molecular formula is C5H7BrO2. The van der Waals surface area contributed by atoms with Crippen LogP contribution in [0.3, 0.4) is 0 Å². The molecule has 1 atom stereocenters. The Hall–Kier alpha value is 0.110. The number of hydrogen-bond acceptors (Lipinski definition) is 2. The summed E-state index contributed by atoms with van der Waals surface area (Å²) in [6.45, 7) is 0.710. The number of hydrogen-bond donors (Lipinski definition) is 0. The van der Waals surface area contributed by atoms with Crippen LogP contribution in [0.1, 0.15) is 12.8 Å². The third-order valence-electron chi connectivity index (χ3n) is 1.08. The minimum atomic E-state index is -0.323. The van der Waals surface area contributed by atoms with Gasteiger partial charge in [0.15, 0.2) is 10.8 Å². The molecule has 0 amide bonds. The predicted molar refractivity (Wildman–Crippen MR) is 32.9 cm³/mol. The van der Waals surface area contributed by atoms with Gasteiger partial charge in [0.25, 0.3) is 0 Å². The van der Waals surface area contributed by atoms with Crippen LogP contribution in [-0.2, 0) is 9.53 Å². The Morgan fingerprint density at radius 1 is 1.75 bits per heavy atom. The summed E-state index contributed by atoms with van der Waals surface area (Å²) in [4.78, 5) is 10.6. The Morgan fingerprint density at radius 3 is 2.88 bits per heavy atom. The molecule has 46 valence electrons. The minimum absolute atomic E-state index is 0.163. The largest absolute Gasteiger partial charge is 0.359 e. The molecule has 0 aliphatic carbocycles. The molecule has 0 radical (unpaired) electrons. The molecule has 2 nitrogen and oxygen atoms in total. The molecule has 3 heteroatoms. The van der Waals surface area contributed by atoms with E-state index in [1.807, 2.05) is 0 Å². The van der Waals surface area contributed by atoms with E-state index in [0.717, 1.165) is 6.42 Å². The number of alkyl halides is 1. The van der Waals surface area contributed by atoms with Crippen LogP contribution in [0.4, 0.5) is 0 Å². The molecule has 0 saturated carbocycles. The van der Waals surface area contributed by atoms with Crippen molar-refractivity contribution in [3.8, 4) is 0 Å². The molecule has 0 aromatic heterocycles. The lowest BCUT2D eigenvalue weighted by Gasteiger charge is -2.14. The normalized spacial score (nSPS) is 30.6. The van der Waals surface area contributed by atoms with Gasteiger partial charge in [-0.05, 0) is 22.4 Å². The molecule has 1 fully saturated rings. The molecule has 1 rings (SSSR count). The lowest BCUT2D eigenvalue weighted by atomic mass is 10.2. The van der Waals surface area contributed by atoms with Gasteiger partial charge in [-0.15, -0.1) is 0 Å².